The van der Waals surface area contributed by atoms with Gasteiger partial charge in [0.15, 0.2) is 5.78 Å². The molecule has 4 nitrogen and oxygen atoms in total. The van der Waals surface area contributed by atoms with E-state index in [2.05, 4.69) is 4.98 Å². The Morgan fingerprint density at radius 3 is 3.00 bits per heavy atom. The van der Waals surface area contributed by atoms with Crippen molar-refractivity contribution in [3.63, 3.8) is 0 Å². The van der Waals surface area contributed by atoms with Crippen LogP contribution in [0.25, 0.3) is 0 Å². The van der Waals surface area contributed by atoms with Gasteiger partial charge in [0.05, 0.1) is 13.0 Å². The number of hydrogen-bond donors (Lipinski definition) is 0. The summed E-state index contributed by atoms with van der Waals surface area (Å²) in [4.78, 5) is 28.3. The van der Waals surface area contributed by atoms with Crippen molar-refractivity contribution < 1.29 is 9.59 Å². The molecule has 4 heteroatoms. The number of carbonyl (C=O) groups excluding carboxylic acids is 2. The predicted octanol–water partition coefficient (Wildman–Crippen LogP) is 0.426. The molecule has 0 spiro atoms. The smallest absolute Gasteiger partial charge is 0.227 e. The van der Waals surface area contributed by atoms with Crippen molar-refractivity contribution in [1.29, 1.82) is 0 Å². The third kappa shape index (κ3) is 2.40. The van der Waals surface area contributed by atoms with Gasteiger partial charge in [0.1, 0.15) is 0 Å². The monoisotopic (exact) mass is 204 g/mol. The van der Waals surface area contributed by atoms with Crippen molar-refractivity contribution in [2.75, 3.05) is 13.1 Å². The quantitative estimate of drug-likeness (QED) is 0.701. The summed E-state index contributed by atoms with van der Waals surface area (Å²) in [6, 6.07) is 3.67. The average Bonchev–Trinajstić information content (AvgIpc) is 2.66. The minimum atomic E-state index is 0.00819. The molecule has 1 amide bonds. The van der Waals surface area contributed by atoms with Gasteiger partial charge >= 0.3 is 0 Å². The van der Waals surface area contributed by atoms with Crippen molar-refractivity contribution in [3.8, 4) is 0 Å². The highest BCUT2D eigenvalue weighted by Crippen LogP contribution is 2.07. The van der Waals surface area contributed by atoms with Gasteiger partial charge in [-0.15, -0.1) is 0 Å². The Hall–Kier alpha value is -1.71. The lowest BCUT2D eigenvalue weighted by Crippen LogP contribution is -2.30. The largest absolute Gasteiger partial charge is 0.335 e. The zero-order valence-corrected chi connectivity index (χ0v) is 8.35. The van der Waals surface area contributed by atoms with Gasteiger partial charge < -0.3 is 4.90 Å². The van der Waals surface area contributed by atoms with Crippen LogP contribution >= 0.6 is 0 Å². The van der Waals surface area contributed by atoms with Gasteiger partial charge in [-0.25, -0.2) is 0 Å². The van der Waals surface area contributed by atoms with Crippen LogP contribution in [0.15, 0.2) is 24.5 Å². The van der Waals surface area contributed by atoms with Gasteiger partial charge in [0.25, 0.3) is 0 Å². The van der Waals surface area contributed by atoms with Crippen LogP contribution in [-0.2, 0) is 16.0 Å². The molecule has 78 valence electrons. The number of rotatable bonds is 2. The number of ketones is 1. The van der Waals surface area contributed by atoms with E-state index in [1.165, 1.54) is 0 Å². The highest BCUT2D eigenvalue weighted by molar-refractivity contribution is 5.90. The molecular formula is C11H12N2O2. The molecule has 1 aliphatic heterocycles. The minimum absolute atomic E-state index is 0.00819. The Bertz CT molecular complexity index is 375. The summed E-state index contributed by atoms with van der Waals surface area (Å²) >= 11 is 0. The first-order chi connectivity index (χ1) is 7.25. The van der Waals surface area contributed by atoms with E-state index in [0.29, 0.717) is 19.4 Å². The zero-order valence-electron chi connectivity index (χ0n) is 8.35. The summed E-state index contributed by atoms with van der Waals surface area (Å²) in [5, 5.41) is 0. The zero-order chi connectivity index (χ0) is 10.7. The third-order valence-corrected chi connectivity index (χ3v) is 2.46. The highest BCUT2D eigenvalue weighted by Gasteiger charge is 2.23. The van der Waals surface area contributed by atoms with Crippen LogP contribution in [0.1, 0.15) is 12.0 Å². The number of likely N-dealkylation sites (tertiary alicyclic amines) is 1. The lowest BCUT2D eigenvalue weighted by atomic mass is 10.2. The molecule has 0 radical (unpaired) electrons. The second kappa shape index (κ2) is 4.21. The van der Waals surface area contributed by atoms with Crippen LogP contribution in [-0.4, -0.2) is 34.7 Å². The maximum absolute atomic E-state index is 11.7. The summed E-state index contributed by atoms with van der Waals surface area (Å²) in [6.45, 7) is 0.844. The molecule has 0 N–H and O–H groups in total. The lowest BCUT2D eigenvalue weighted by Gasteiger charge is -2.13. The second-order valence-corrected chi connectivity index (χ2v) is 3.64. The summed E-state index contributed by atoms with van der Waals surface area (Å²) in [7, 11) is 0. The number of pyridine rings is 1. The maximum Gasteiger partial charge on any atom is 0.227 e. The fourth-order valence-corrected chi connectivity index (χ4v) is 1.63. The molecule has 0 aliphatic carbocycles. The molecule has 15 heavy (non-hydrogen) atoms. The van der Waals surface area contributed by atoms with E-state index in [4.69, 9.17) is 0 Å². The van der Waals surface area contributed by atoms with Crippen molar-refractivity contribution in [2.24, 2.45) is 0 Å². The Morgan fingerprint density at radius 1 is 1.53 bits per heavy atom. The molecule has 1 saturated heterocycles. The molecule has 0 unspecified atom stereocenters. The standard InChI is InChI=1S/C11H12N2O2/c14-10-3-5-13(8-10)11(15)6-9-2-1-4-12-7-9/h1-2,4,7H,3,5-6,8H2. The van der Waals surface area contributed by atoms with Gasteiger partial charge in [0.2, 0.25) is 5.91 Å². The normalized spacial score (nSPS) is 15.7. The number of nitrogens with zero attached hydrogens (tertiary/aromatic N) is 2. The topological polar surface area (TPSA) is 50.3 Å². The summed E-state index contributed by atoms with van der Waals surface area (Å²) < 4.78 is 0. The number of aromatic nitrogens is 1. The van der Waals surface area contributed by atoms with Crippen LogP contribution in [0.3, 0.4) is 0 Å². The lowest BCUT2D eigenvalue weighted by molar-refractivity contribution is -0.131. The first-order valence-corrected chi connectivity index (χ1v) is 4.94. The van der Waals surface area contributed by atoms with Crippen molar-refractivity contribution in [1.82, 2.24) is 9.88 Å². The maximum atomic E-state index is 11.7. The third-order valence-electron chi connectivity index (χ3n) is 2.46. The fraction of sp³-hybridized carbons (Fsp3) is 0.364. The van der Waals surface area contributed by atoms with E-state index in [9.17, 15) is 9.59 Å². The molecule has 2 heterocycles. The van der Waals surface area contributed by atoms with Crippen LogP contribution < -0.4 is 0 Å². The molecule has 1 aromatic heterocycles. The highest BCUT2D eigenvalue weighted by atomic mass is 16.2. The number of hydrogen-bond acceptors (Lipinski definition) is 3. The first-order valence-electron chi connectivity index (χ1n) is 4.94. The molecule has 0 aromatic carbocycles. The van der Waals surface area contributed by atoms with Crippen LogP contribution in [0.2, 0.25) is 0 Å². The Labute approximate surface area is 87.9 Å². The molecule has 1 fully saturated rings. The van der Waals surface area contributed by atoms with E-state index in [1.54, 1.807) is 23.4 Å². The Balaban J connectivity index is 1.96. The molecule has 0 saturated carbocycles. The van der Waals surface area contributed by atoms with Gasteiger partial charge in [-0.05, 0) is 11.6 Å². The Kier molecular flexibility index (Phi) is 2.76. The molecule has 1 aromatic rings. The molecule has 0 atom stereocenters. The first kappa shape index (κ1) is 9.83. The van der Waals surface area contributed by atoms with E-state index < -0.39 is 0 Å². The summed E-state index contributed by atoms with van der Waals surface area (Å²) in [5.41, 5.74) is 0.891. The molecule has 1 aliphatic rings. The van der Waals surface area contributed by atoms with Crippen LogP contribution in [0.5, 0.6) is 0 Å². The number of amides is 1. The van der Waals surface area contributed by atoms with Crippen LogP contribution in [0.4, 0.5) is 0 Å². The van der Waals surface area contributed by atoms with E-state index in [1.807, 2.05) is 6.07 Å². The van der Waals surface area contributed by atoms with Crippen molar-refractivity contribution in [3.05, 3.63) is 30.1 Å². The van der Waals surface area contributed by atoms with Crippen molar-refractivity contribution >= 4 is 11.7 Å². The van der Waals surface area contributed by atoms with Gasteiger partial charge in [-0.3, -0.25) is 14.6 Å². The van der Waals surface area contributed by atoms with Crippen LogP contribution in [0, 0.1) is 0 Å². The number of Topliss-reactive ketones (excluding diaryl/α,β-unsaturated/α-hetero) is 1. The summed E-state index contributed by atoms with van der Waals surface area (Å²) in [5.74, 6) is 0.156. The van der Waals surface area contributed by atoms with Gasteiger partial charge in [0, 0.05) is 25.4 Å². The fourth-order valence-electron chi connectivity index (χ4n) is 1.63. The van der Waals surface area contributed by atoms with Gasteiger partial charge in [-0.1, -0.05) is 6.07 Å². The second-order valence-electron chi connectivity index (χ2n) is 3.64. The van der Waals surface area contributed by atoms with E-state index >= 15 is 0 Å². The number of carbonyl (C=O) groups is 2. The molecule has 0 bridgehead atoms. The van der Waals surface area contributed by atoms with Crippen molar-refractivity contribution in [2.45, 2.75) is 12.8 Å². The molecule has 2 rings (SSSR count). The van der Waals surface area contributed by atoms with Gasteiger partial charge in [-0.2, -0.15) is 0 Å². The van der Waals surface area contributed by atoms with E-state index in [-0.39, 0.29) is 18.2 Å². The minimum Gasteiger partial charge on any atom is -0.335 e. The Morgan fingerprint density at radius 2 is 2.40 bits per heavy atom. The van der Waals surface area contributed by atoms with E-state index in [0.717, 1.165) is 5.56 Å². The SMILES string of the molecule is O=C1CCN(C(=O)Cc2cccnc2)C1. The molecular weight excluding hydrogens is 192 g/mol. The predicted molar refractivity (Wildman–Crippen MR) is 54.1 cm³/mol. The average molecular weight is 204 g/mol. The summed E-state index contributed by atoms with van der Waals surface area (Å²) in [6.07, 6.45) is 4.18.